The Hall–Kier alpha value is -2.30. The smallest absolute Gasteiger partial charge is 0.227 e. The van der Waals surface area contributed by atoms with Crippen molar-refractivity contribution in [2.45, 2.75) is 0 Å². The fraction of sp³-hybridized carbons (Fsp3) is 0.167. The summed E-state index contributed by atoms with van der Waals surface area (Å²) in [6.07, 6.45) is 3.15. The highest BCUT2D eigenvalue weighted by Crippen LogP contribution is 2.17. The van der Waals surface area contributed by atoms with E-state index in [1.54, 1.807) is 12.4 Å². The molecule has 3 N–H and O–H groups in total. The lowest BCUT2D eigenvalue weighted by molar-refractivity contribution is 1.13. The first-order valence-corrected chi connectivity index (χ1v) is 5.27. The molecule has 2 aromatic rings. The second kappa shape index (κ2) is 4.69. The molecule has 1 aromatic carbocycles. The van der Waals surface area contributed by atoms with Gasteiger partial charge in [0.15, 0.2) is 0 Å². The summed E-state index contributed by atoms with van der Waals surface area (Å²) in [5.74, 6) is 0.539. The van der Waals surface area contributed by atoms with E-state index in [9.17, 15) is 0 Å². The molecule has 5 heteroatoms. The maximum atomic E-state index is 5.51. The minimum atomic E-state index is 0.539. The van der Waals surface area contributed by atoms with Gasteiger partial charge in [-0.1, -0.05) is 0 Å². The lowest BCUT2D eigenvalue weighted by atomic mass is 10.2. The Morgan fingerprint density at radius 3 is 2.18 bits per heavy atom. The van der Waals surface area contributed by atoms with Crippen molar-refractivity contribution in [2.24, 2.45) is 0 Å². The highest BCUT2D eigenvalue weighted by molar-refractivity contribution is 5.59. The minimum Gasteiger partial charge on any atom is -0.396 e. The van der Waals surface area contributed by atoms with Gasteiger partial charge >= 0.3 is 0 Å². The summed E-state index contributed by atoms with van der Waals surface area (Å²) >= 11 is 0. The number of hydrogen-bond donors (Lipinski definition) is 2. The van der Waals surface area contributed by atoms with Crippen molar-refractivity contribution >= 4 is 23.0 Å². The van der Waals surface area contributed by atoms with Gasteiger partial charge in [-0.3, -0.25) is 0 Å². The molecule has 0 aliphatic rings. The van der Waals surface area contributed by atoms with Crippen LogP contribution >= 0.6 is 0 Å². The summed E-state index contributed by atoms with van der Waals surface area (Å²) in [4.78, 5) is 10.2. The molecular weight excluding hydrogens is 214 g/mol. The first-order valence-electron chi connectivity index (χ1n) is 5.27. The van der Waals surface area contributed by atoms with Gasteiger partial charge < -0.3 is 16.0 Å². The van der Waals surface area contributed by atoms with Gasteiger partial charge in [-0.25, -0.2) is 9.97 Å². The third-order valence-corrected chi connectivity index (χ3v) is 2.31. The van der Waals surface area contributed by atoms with E-state index in [4.69, 9.17) is 5.73 Å². The zero-order chi connectivity index (χ0) is 12.3. The van der Waals surface area contributed by atoms with E-state index in [0.717, 1.165) is 11.4 Å². The summed E-state index contributed by atoms with van der Waals surface area (Å²) in [6, 6.07) is 8.02. The molecule has 0 aliphatic carbocycles. The number of benzene rings is 1. The number of nitrogen functional groups attached to an aromatic ring is 1. The number of nitrogens with zero attached hydrogens (tertiary/aromatic N) is 3. The van der Waals surface area contributed by atoms with Crippen molar-refractivity contribution < 1.29 is 0 Å². The third-order valence-electron chi connectivity index (χ3n) is 2.31. The van der Waals surface area contributed by atoms with Crippen LogP contribution in [-0.4, -0.2) is 24.1 Å². The van der Waals surface area contributed by atoms with Gasteiger partial charge in [0.2, 0.25) is 5.95 Å². The summed E-state index contributed by atoms with van der Waals surface area (Å²) in [7, 11) is 4.01. The Kier molecular flexibility index (Phi) is 3.09. The third kappa shape index (κ3) is 2.84. The van der Waals surface area contributed by atoms with E-state index in [1.807, 2.05) is 43.3 Å². The average Bonchev–Trinajstić information content (AvgIpc) is 2.33. The highest BCUT2D eigenvalue weighted by atomic mass is 15.1. The van der Waals surface area contributed by atoms with Crippen LogP contribution < -0.4 is 16.0 Å². The van der Waals surface area contributed by atoms with Gasteiger partial charge in [0.25, 0.3) is 0 Å². The van der Waals surface area contributed by atoms with E-state index in [0.29, 0.717) is 11.6 Å². The van der Waals surface area contributed by atoms with E-state index < -0.39 is 0 Å². The van der Waals surface area contributed by atoms with Gasteiger partial charge in [0, 0.05) is 25.5 Å². The molecule has 0 amide bonds. The molecular formula is C12H15N5. The van der Waals surface area contributed by atoms with Crippen LogP contribution in [0.1, 0.15) is 0 Å². The van der Waals surface area contributed by atoms with Gasteiger partial charge in [-0.2, -0.15) is 0 Å². The molecule has 0 atom stereocenters. The van der Waals surface area contributed by atoms with Crippen molar-refractivity contribution in [3.05, 3.63) is 36.7 Å². The zero-order valence-electron chi connectivity index (χ0n) is 9.88. The molecule has 1 aromatic heterocycles. The number of nitrogens with two attached hydrogens (primary N) is 1. The van der Waals surface area contributed by atoms with Crippen LogP contribution in [0.2, 0.25) is 0 Å². The molecule has 0 saturated carbocycles. The highest BCUT2D eigenvalue weighted by Gasteiger charge is 1.98. The summed E-state index contributed by atoms with van der Waals surface area (Å²) in [6.45, 7) is 0. The largest absolute Gasteiger partial charge is 0.396 e. The van der Waals surface area contributed by atoms with Gasteiger partial charge in [0.1, 0.15) is 0 Å². The van der Waals surface area contributed by atoms with Crippen LogP contribution in [0.3, 0.4) is 0 Å². The number of nitrogens with one attached hydrogen (secondary N) is 1. The molecule has 0 unspecified atom stereocenters. The predicted octanol–water partition coefficient (Wildman–Crippen LogP) is 1.87. The lowest BCUT2D eigenvalue weighted by Crippen LogP contribution is -2.08. The van der Waals surface area contributed by atoms with Crippen molar-refractivity contribution in [3.8, 4) is 0 Å². The Morgan fingerprint density at radius 1 is 1.06 bits per heavy atom. The maximum Gasteiger partial charge on any atom is 0.227 e. The minimum absolute atomic E-state index is 0.539. The topological polar surface area (TPSA) is 67.1 Å². The molecule has 0 bridgehead atoms. The van der Waals surface area contributed by atoms with Gasteiger partial charge in [-0.05, 0) is 24.3 Å². The quantitative estimate of drug-likeness (QED) is 0.841. The molecule has 2 rings (SSSR count). The monoisotopic (exact) mass is 229 g/mol. The Morgan fingerprint density at radius 2 is 1.65 bits per heavy atom. The Labute approximate surface area is 100 Å². The normalized spacial score (nSPS) is 10.0. The Bertz CT molecular complexity index is 475. The fourth-order valence-electron chi connectivity index (χ4n) is 1.37. The van der Waals surface area contributed by atoms with Crippen LogP contribution in [0.15, 0.2) is 36.7 Å². The standard InChI is InChI=1S/C12H15N5/c1-17(2)11-5-3-10(4-6-11)16-12-14-7-9(13)8-15-12/h3-8H,13H2,1-2H3,(H,14,15,16). The molecule has 0 spiro atoms. The number of rotatable bonds is 3. The molecule has 0 saturated heterocycles. The van der Waals surface area contributed by atoms with Crippen LogP contribution in [0.25, 0.3) is 0 Å². The number of anilines is 4. The second-order valence-corrected chi connectivity index (χ2v) is 3.91. The molecule has 17 heavy (non-hydrogen) atoms. The predicted molar refractivity (Wildman–Crippen MR) is 70.5 cm³/mol. The summed E-state index contributed by atoms with van der Waals surface area (Å²) < 4.78 is 0. The first kappa shape index (κ1) is 11.2. The van der Waals surface area contributed by atoms with Crippen molar-refractivity contribution in [2.75, 3.05) is 30.0 Å². The molecule has 1 heterocycles. The summed E-state index contributed by atoms with van der Waals surface area (Å²) in [5.41, 5.74) is 8.16. The fourth-order valence-corrected chi connectivity index (χ4v) is 1.37. The number of aromatic nitrogens is 2. The molecule has 0 aliphatic heterocycles. The van der Waals surface area contributed by atoms with E-state index in [2.05, 4.69) is 15.3 Å². The van der Waals surface area contributed by atoms with Gasteiger partial charge in [0.05, 0.1) is 18.1 Å². The lowest BCUT2D eigenvalue weighted by Gasteiger charge is -2.12. The summed E-state index contributed by atoms with van der Waals surface area (Å²) in [5, 5.41) is 3.10. The van der Waals surface area contributed by atoms with Crippen LogP contribution in [0.4, 0.5) is 23.0 Å². The first-order chi connectivity index (χ1) is 8.15. The number of hydrogen-bond acceptors (Lipinski definition) is 5. The molecule has 0 radical (unpaired) electrons. The Balaban J connectivity index is 2.11. The van der Waals surface area contributed by atoms with E-state index in [-0.39, 0.29) is 0 Å². The van der Waals surface area contributed by atoms with Crippen molar-refractivity contribution in [1.29, 1.82) is 0 Å². The SMILES string of the molecule is CN(C)c1ccc(Nc2ncc(N)cn2)cc1. The van der Waals surface area contributed by atoms with Crippen LogP contribution in [0, 0.1) is 0 Å². The van der Waals surface area contributed by atoms with E-state index in [1.165, 1.54) is 0 Å². The molecule has 5 nitrogen and oxygen atoms in total. The van der Waals surface area contributed by atoms with Crippen LogP contribution in [0.5, 0.6) is 0 Å². The van der Waals surface area contributed by atoms with Crippen molar-refractivity contribution in [1.82, 2.24) is 9.97 Å². The van der Waals surface area contributed by atoms with E-state index >= 15 is 0 Å². The molecule has 88 valence electrons. The van der Waals surface area contributed by atoms with Crippen LogP contribution in [-0.2, 0) is 0 Å². The van der Waals surface area contributed by atoms with Gasteiger partial charge in [-0.15, -0.1) is 0 Å². The maximum absolute atomic E-state index is 5.51. The average molecular weight is 229 g/mol. The molecule has 0 fully saturated rings. The zero-order valence-corrected chi connectivity index (χ0v) is 9.88. The second-order valence-electron chi connectivity index (χ2n) is 3.91. The van der Waals surface area contributed by atoms with Crippen molar-refractivity contribution in [3.63, 3.8) is 0 Å².